The number of sulfone groups is 1. The van der Waals surface area contributed by atoms with E-state index in [0.717, 1.165) is 10.0 Å². The van der Waals surface area contributed by atoms with E-state index in [9.17, 15) is 13.2 Å². The lowest BCUT2D eigenvalue weighted by atomic mass is 10.7. The van der Waals surface area contributed by atoms with Crippen molar-refractivity contribution in [2.24, 2.45) is 0 Å². The number of nitrogens with one attached hydrogen (secondary N) is 1. The topological polar surface area (TPSA) is 76.1 Å². The summed E-state index contributed by atoms with van der Waals surface area (Å²) >= 11 is 4.39. The van der Waals surface area contributed by atoms with Gasteiger partial charge >= 0.3 is 0 Å². The summed E-state index contributed by atoms with van der Waals surface area (Å²) < 4.78 is 22.3. The first kappa shape index (κ1) is 11.6. The maximum atomic E-state index is 11.1. The van der Waals surface area contributed by atoms with Crippen LogP contribution in [0.5, 0.6) is 0 Å². The molecule has 0 spiro atoms. The minimum absolute atomic E-state index is 0.380. The Morgan fingerprint density at radius 2 is 2.36 bits per heavy atom. The smallest absolute Gasteiger partial charge is 0.241 e. The van der Waals surface area contributed by atoms with Crippen LogP contribution in [0.3, 0.4) is 0 Å². The molecule has 0 aliphatic rings. The average Bonchev–Trinajstić information content (AvgIpc) is 2.30. The van der Waals surface area contributed by atoms with Crippen LogP contribution in [0.4, 0.5) is 5.13 Å². The number of aromatic nitrogens is 1. The van der Waals surface area contributed by atoms with Crippen molar-refractivity contribution in [3.8, 4) is 0 Å². The van der Waals surface area contributed by atoms with Gasteiger partial charge in [-0.25, -0.2) is 13.4 Å². The van der Waals surface area contributed by atoms with Gasteiger partial charge in [0.1, 0.15) is 5.75 Å². The molecule has 0 aliphatic carbocycles. The second kappa shape index (κ2) is 4.37. The number of halogens is 1. The third-order valence-corrected chi connectivity index (χ3v) is 3.30. The molecule has 0 bridgehead atoms. The van der Waals surface area contributed by atoms with Gasteiger partial charge < -0.3 is 5.32 Å². The molecule has 0 atom stereocenters. The van der Waals surface area contributed by atoms with Crippen molar-refractivity contribution >= 4 is 48.1 Å². The summed E-state index contributed by atoms with van der Waals surface area (Å²) in [4.78, 5) is 14.9. The monoisotopic (exact) mass is 298 g/mol. The fourth-order valence-electron chi connectivity index (χ4n) is 0.706. The van der Waals surface area contributed by atoms with E-state index >= 15 is 0 Å². The molecule has 0 radical (unpaired) electrons. The number of carbonyl (C=O) groups is 1. The maximum Gasteiger partial charge on any atom is 0.241 e. The quantitative estimate of drug-likeness (QED) is 0.899. The van der Waals surface area contributed by atoms with Gasteiger partial charge in [0.25, 0.3) is 0 Å². The van der Waals surface area contributed by atoms with E-state index < -0.39 is 21.5 Å². The van der Waals surface area contributed by atoms with E-state index in [1.54, 1.807) is 0 Å². The van der Waals surface area contributed by atoms with Crippen molar-refractivity contribution in [1.29, 1.82) is 0 Å². The summed E-state index contributed by atoms with van der Waals surface area (Å²) in [6.45, 7) is 0. The van der Waals surface area contributed by atoms with Crippen molar-refractivity contribution in [3.05, 3.63) is 9.98 Å². The highest BCUT2D eigenvalue weighted by Gasteiger charge is 2.12. The summed E-state index contributed by atoms with van der Waals surface area (Å²) in [5.74, 6) is -1.10. The number of hydrogen-bond donors (Lipinski definition) is 1. The Labute approximate surface area is 93.6 Å². The number of thiazole rings is 1. The molecule has 1 rings (SSSR count). The van der Waals surface area contributed by atoms with E-state index in [2.05, 4.69) is 26.2 Å². The van der Waals surface area contributed by atoms with E-state index in [-0.39, 0.29) is 0 Å². The van der Waals surface area contributed by atoms with Gasteiger partial charge in [-0.3, -0.25) is 4.79 Å². The second-order valence-electron chi connectivity index (χ2n) is 2.59. The zero-order valence-electron chi connectivity index (χ0n) is 7.15. The fourth-order valence-corrected chi connectivity index (χ4v) is 2.38. The number of carbonyl (C=O) groups excluding carboxylic acids is 1. The van der Waals surface area contributed by atoms with Gasteiger partial charge in [0, 0.05) is 6.26 Å². The van der Waals surface area contributed by atoms with Crippen LogP contribution < -0.4 is 5.32 Å². The molecule has 0 saturated heterocycles. The Hall–Kier alpha value is -0.470. The summed E-state index contributed by atoms with van der Waals surface area (Å²) in [5.41, 5.74) is 0. The van der Waals surface area contributed by atoms with Crippen LogP contribution in [0.1, 0.15) is 0 Å². The zero-order chi connectivity index (χ0) is 10.8. The van der Waals surface area contributed by atoms with Crippen LogP contribution in [0.25, 0.3) is 0 Å². The molecule has 5 nitrogen and oxygen atoms in total. The van der Waals surface area contributed by atoms with Crippen molar-refractivity contribution in [3.63, 3.8) is 0 Å². The molecule has 1 heterocycles. The molecule has 8 heteroatoms. The fraction of sp³-hybridized carbons (Fsp3) is 0.333. The van der Waals surface area contributed by atoms with E-state index in [0.29, 0.717) is 5.13 Å². The van der Waals surface area contributed by atoms with Crippen LogP contribution in [0.15, 0.2) is 9.98 Å². The molecule has 14 heavy (non-hydrogen) atoms. The highest BCUT2D eigenvalue weighted by atomic mass is 79.9. The SMILES string of the molecule is CS(=O)(=O)CC(=O)Nc1ncc(Br)s1. The highest BCUT2D eigenvalue weighted by molar-refractivity contribution is 9.11. The first-order valence-corrected chi connectivity index (χ1v) is 7.13. The van der Waals surface area contributed by atoms with E-state index in [1.807, 2.05) is 0 Å². The van der Waals surface area contributed by atoms with E-state index in [1.165, 1.54) is 17.5 Å². The molecular formula is C6H7BrN2O3S2. The molecule has 78 valence electrons. The molecule has 0 aliphatic heterocycles. The van der Waals surface area contributed by atoms with Crippen molar-refractivity contribution in [2.75, 3.05) is 17.3 Å². The predicted molar refractivity (Wildman–Crippen MR) is 58.2 cm³/mol. The highest BCUT2D eigenvalue weighted by Crippen LogP contribution is 2.22. The molecule has 1 amide bonds. The number of hydrogen-bond acceptors (Lipinski definition) is 5. The normalized spacial score (nSPS) is 11.3. The van der Waals surface area contributed by atoms with Crippen LogP contribution in [-0.2, 0) is 14.6 Å². The molecule has 1 aromatic rings. The summed E-state index contributed by atoms with van der Waals surface area (Å²) in [7, 11) is -3.28. The Morgan fingerprint density at radius 1 is 1.71 bits per heavy atom. The number of nitrogens with zero attached hydrogens (tertiary/aromatic N) is 1. The maximum absolute atomic E-state index is 11.1. The third kappa shape index (κ3) is 4.16. The Bertz CT molecular complexity index is 440. The summed E-state index contributed by atoms with van der Waals surface area (Å²) in [6, 6.07) is 0. The van der Waals surface area contributed by atoms with Crippen molar-refractivity contribution < 1.29 is 13.2 Å². The summed E-state index contributed by atoms with van der Waals surface area (Å²) in [5, 5.41) is 2.76. The predicted octanol–water partition coefficient (Wildman–Crippen LogP) is 0.889. The number of anilines is 1. The van der Waals surface area contributed by atoms with Gasteiger partial charge in [0.2, 0.25) is 5.91 Å². The van der Waals surface area contributed by atoms with Gasteiger partial charge in [-0.15, -0.1) is 0 Å². The lowest BCUT2D eigenvalue weighted by Gasteiger charge is -1.98. The molecule has 1 aromatic heterocycles. The second-order valence-corrected chi connectivity index (χ2v) is 7.14. The van der Waals surface area contributed by atoms with Crippen LogP contribution in [0.2, 0.25) is 0 Å². The first-order valence-electron chi connectivity index (χ1n) is 3.46. The van der Waals surface area contributed by atoms with Crippen molar-refractivity contribution in [1.82, 2.24) is 4.98 Å². The van der Waals surface area contributed by atoms with E-state index in [4.69, 9.17) is 0 Å². The molecule has 0 fully saturated rings. The van der Waals surface area contributed by atoms with Gasteiger partial charge in [0.05, 0.1) is 9.98 Å². The summed E-state index contributed by atoms with van der Waals surface area (Å²) in [6.07, 6.45) is 2.53. The Kier molecular flexibility index (Phi) is 3.62. The zero-order valence-corrected chi connectivity index (χ0v) is 10.4. The van der Waals surface area contributed by atoms with Crippen LogP contribution in [-0.4, -0.2) is 31.3 Å². The van der Waals surface area contributed by atoms with Gasteiger partial charge in [-0.05, 0) is 15.9 Å². The van der Waals surface area contributed by atoms with Crippen molar-refractivity contribution in [2.45, 2.75) is 0 Å². The molecule has 1 N–H and O–H groups in total. The lowest BCUT2D eigenvalue weighted by Crippen LogP contribution is -2.21. The number of rotatable bonds is 3. The molecule has 0 saturated carbocycles. The van der Waals surface area contributed by atoms with Gasteiger partial charge in [-0.2, -0.15) is 0 Å². The lowest BCUT2D eigenvalue weighted by molar-refractivity contribution is -0.113. The Balaban J connectivity index is 2.58. The average molecular weight is 299 g/mol. The number of amides is 1. The van der Waals surface area contributed by atoms with Crippen LogP contribution in [0, 0.1) is 0 Å². The molecular weight excluding hydrogens is 292 g/mol. The van der Waals surface area contributed by atoms with Gasteiger partial charge in [0.15, 0.2) is 15.0 Å². The standard InChI is InChI=1S/C6H7BrN2O3S2/c1-14(11,12)3-5(10)9-6-8-2-4(7)13-6/h2H,3H2,1H3,(H,8,9,10). The van der Waals surface area contributed by atoms with Gasteiger partial charge in [-0.1, -0.05) is 11.3 Å². The Morgan fingerprint density at radius 3 is 2.79 bits per heavy atom. The largest absolute Gasteiger partial charge is 0.301 e. The van der Waals surface area contributed by atoms with Crippen LogP contribution >= 0.6 is 27.3 Å². The third-order valence-electron chi connectivity index (χ3n) is 1.12. The molecule has 0 aromatic carbocycles. The minimum Gasteiger partial charge on any atom is -0.301 e. The molecule has 0 unspecified atom stereocenters. The first-order chi connectivity index (χ1) is 6.37. The minimum atomic E-state index is -3.28.